The van der Waals surface area contributed by atoms with Gasteiger partial charge in [-0.2, -0.15) is 0 Å². The van der Waals surface area contributed by atoms with Gasteiger partial charge in [-0.05, 0) is 74.6 Å². The lowest BCUT2D eigenvalue weighted by Crippen LogP contribution is -2.52. The van der Waals surface area contributed by atoms with Gasteiger partial charge in [0.1, 0.15) is 0 Å². The van der Waals surface area contributed by atoms with E-state index in [0.717, 1.165) is 45.4 Å². The van der Waals surface area contributed by atoms with Crippen LogP contribution in [0, 0.1) is 5.92 Å². The van der Waals surface area contributed by atoms with Gasteiger partial charge in [-0.25, -0.2) is 4.79 Å². The van der Waals surface area contributed by atoms with Crippen LogP contribution in [-0.2, 0) is 14.9 Å². The lowest BCUT2D eigenvalue weighted by molar-refractivity contribution is -0.127. The molecule has 0 N–H and O–H groups in total. The minimum atomic E-state index is -0.164. The molecule has 3 aliphatic heterocycles. The van der Waals surface area contributed by atoms with Crippen LogP contribution in [0.2, 0.25) is 0 Å². The summed E-state index contributed by atoms with van der Waals surface area (Å²) in [5, 5.41) is 0. The molecular weight excluding hydrogens is 390 g/mol. The van der Waals surface area contributed by atoms with Crippen LogP contribution in [0.5, 0.6) is 0 Å². The third kappa shape index (κ3) is 3.53. The molecule has 3 fully saturated rings. The van der Waals surface area contributed by atoms with Gasteiger partial charge < -0.3 is 19.4 Å². The summed E-state index contributed by atoms with van der Waals surface area (Å²) in [5.41, 5.74) is 3.10. The molecule has 0 bridgehead atoms. The number of piperidine rings is 2. The van der Waals surface area contributed by atoms with Gasteiger partial charge in [0.25, 0.3) is 0 Å². The van der Waals surface area contributed by atoms with Crippen LogP contribution in [0.25, 0.3) is 0 Å². The molecule has 3 heterocycles. The van der Waals surface area contributed by atoms with E-state index in [2.05, 4.69) is 29.2 Å². The second-order valence-corrected chi connectivity index (χ2v) is 9.94. The normalized spacial score (nSPS) is 28.5. The zero-order chi connectivity index (χ0) is 21.6. The standard InChI is InChI=1S/C25H35N3O3/c1-3-31-24(30)28-12-8-19(9-13-28)27-14-10-25(11-15-27)17-18-16-22(29)26(2)23(18)20-6-4-5-7-21(20)25/h4-7,18-19,23H,3,8-17H2,1-2H3/t18-,23-/m1/s1. The predicted octanol–water partition coefficient (Wildman–Crippen LogP) is 3.56. The molecule has 3 saturated heterocycles. The first-order valence-corrected chi connectivity index (χ1v) is 12.0. The second-order valence-electron chi connectivity index (χ2n) is 9.94. The molecule has 2 amide bonds. The average Bonchev–Trinajstić information content (AvgIpc) is 3.08. The molecule has 0 unspecified atom stereocenters. The first-order chi connectivity index (χ1) is 15.0. The van der Waals surface area contributed by atoms with Crippen molar-refractivity contribution in [1.29, 1.82) is 0 Å². The Hall–Kier alpha value is -2.08. The maximum Gasteiger partial charge on any atom is 0.409 e. The van der Waals surface area contributed by atoms with E-state index >= 15 is 0 Å². The number of carbonyl (C=O) groups excluding carboxylic acids is 2. The molecule has 4 aliphatic rings. The Balaban J connectivity index is 1.27. The topological polar surface area (TPSA) is 53.1 Å². The summed E-state index contributed by atoms with van der Waals surface area (Å²) in [6.07, 6.45) is 6.08. The third-order valence-electron chi connectivity index (χ3n) is 8.46. The third-order valence-corrected chi connectivity index (χ3v) is 8.46. The Morgan fingerprint density at radius 3 is 2.55 bits per heavy atom. The molecule has 0 radical (unpaired) electrons. The van der Waals surface area contributed by atoms with Gasteiger partial charge in [-0.3, -0.25) is 4.79 Å². The van der Waals surface area contributed by atoms with Gasteiger partial charge in [0, 0.05) is 32.6 Å². The number of rotatable bonds is 2. The zero-order valence-corrected chi connectivity index (χ0v) is 18.9. The van der Waals surface area contributed by atoms with Crippen molar-refractivity contribution in [3.05, 3.63) is 35.4 Å². The minimum Gasteiger partial charge on any atom is -0.450 e. The fraction of sp³-hybridized carbons (Fsp3) is 0.680. The van der Waals surface area contributed by atoms with Crippen molar-refractivity contribution in [2.75, 3.05) is 39.8 Å². The van der Waals surface area contributed by atoms with Crippen LogP contribution in [-0.4, -0.2) is 72.6 Å². The molecule has 31 heavy (non-hydrogen) atoms. The van der Waals surface area contributed by atoms with Crippen LogP contribution in [0.4, 0.5) is 4.79 Å². The summed E-state index contributed by atoms with van der Waals surface area (Å²) in [7, 11) is 1.98. The van der Waals surface area contributed by atoms with Gasteiger partial charge in [-0.15, -0.1) is 0 Å². The van der Waals surface area contributed by atoms with Crippen molar-refractivity contribution in [2.45, 2.75) is 62.9 Å². The Morgan fingerprint density at radius 1 is 1.13 bits per heavy atom. The smallest absolute Gasteiger partial charge is 0.409 e. The van der Waals surface area contributed by atoms with Crippen LogP contribution < -0.4 is 0 Å². The number of hydrogen-bond donors (Lipinski definition) is 0. The maximum absolute atomic E-state index is 12.5. The highest BCUT2D eigenvalue weighted by Gasteiger charge is 2.51. The van der Waals surface area contributed by atoms with Gasteiger partial charge in [0.15, 0.2) is 0 Å². The summed E-state index contributed by atoms with van der Waals surface area (Å²) in [4.78, 5) is 31.0. The molecule has 168 valence electrons. The van der Waals surface area contributed by atoms with Gasteiger partial charge in [0.2, 0.25) is 5.91 Å². The molecule has 0 saturated carbocycles. The number of ether oxygens (including phenoxy) is 1. The lowest BCUT2D eigenvalue weighted by Gasteiger charge is -2.51. The van der Waals surface area contributed by atoms with Crippen LogP contribution in [0.3, 0.4) is 0 Å². The summed E-state index contributed by atoms with van der Waals surface area (Å²) in [5.74, 6) is 0.749. The summed E-state index contributed by atoms with van der Waals surface area (Å²) in [6.45, 7) is 6.12. The van der Waals surface area contributed by atoms with E-state index in [0.29, 0.717) is 30.9 Å². The SMILES string of the molecule is CCOC(=O)N1CCC(N2CCC3(CC2)C[C@H]2CC(=O)N(C)[C@H]2c2ccccc23)CC1. The number of carbonyl (C=O) groups is 2. The quantitative estimate of drug-likeness (QED) is 0.727. The largest absolute Gasteiger partial charge is 0.450 e. The molecule has 0 aromatic heterocycles. The van der Waals surface area contributed by atoms with Crippen molar-refractivity contribution in [1.82, 2.24) is 14.7 Å². The number of likely N-dealkylation sites (tertiary alicyclic amines) is 3. The fourth-order valence-corrected chi connectivity index (χ4v) is 6.87. The zero-order valence-electron chi connectivity index (χ0n) is 18.9. The van der Waals surface area contributed by atoms with E-state index < -0.39 is 0 Å². The molecule has 1 aromatic rings. The highest BCUT2D eigenvalue weighted by atomic mass is 16.6. The van der Waals surface area contributed by atoms with Gasteiger partial charge in [-0.1, -0.05) is 24.3 Å². The number of benzene rings is 1. The first kappa shape index (κ1) is 20.8. The Kier molecular flexibility index (Phi) is 5.45. The van der Waals surface area contributed by atoms with E-state index in [1.807, 2.05) is 23.8 Å². The maximum atomic E-state index is 12.5. The van der Waals surface area contributed by atoms with Gasteiger partial charge >= 0.3 is 6.09 Å². The molecule has 5 rings (SSSR count). The van der Waals surface area contributed by atoms with E-state index in [-0.39, 0.29) is 17.6 Å². The molecular formula is C25H35N3O3. The average molecular weight is 426 g/mol. The summed E-state index contributed by atoms with van der Waals surface area (Å²) >= 11 is 0. The summed E-state index contributed by atoms with van der Waals surface area (Å²) in [6, 6.07) is 9.73. The molecule has 1 aromatic carbocycles. The predicted molar refractivity (Wildman–Crippen MR) is 119 cm³/mol. The van der Waals surface area contributed by atoms with Crippen LogP contribution in [0.1, 0.15) is 62.6 Å². The highest BCUT2D eigenvalue weighted by Crippen LogP contribution is 2.55. The number of fused-ring (bicyclic) bond motifs is 4. The van der Waals surface area contributed by atoms with Crippen LogP contribution in [0.15, 0.2) is 24.3 Å². The van der Waals surface area contributed by atoms with Gasteiger partial charge in [0.05, 0.1) is 12.6 Å². The van der Waals surface area contributed by atoms with Crippen molar-refractivity contribution in [3.8, 4) is 0 Å². The van der Waals surface area contributed by atoms with Crippen molar-refractivity contribution >= 4 is 12.0 Å². The Bertz CT molecular complexity index is 840. The molecule has 1 spiro atoms. The van der Waals surface area contributed by atoms with E-state index in [1.54, 1.807) is 0 Å². The Labute approximate surface area is 185 Å². The second kappa shape index (κ2) is 8.12. The molecule has 1 aliphatic carbocycles. The monoisotopic (exact) mass is 425 g/mol. The van der Waals surface area contributed by atoms with E-state index in [4.69, 9.17) is 4.74 Å². The molecule has 6 nitrogen and oxygen atoms in total. The number of nitrogens with zero attached hydrogens (tertiary/aromatic N) is 3. The first-order valence-electron chi connectivity index (χ1n) is 12.0. The highest BCUT2D eigenvalue weighted by molar-refractivity contribution is 5.80. The summed E-state index contributed by atoms with van der Waals surface area (Å²) < 4.78 is 5.17. The lowest BCUT2D eigenvalue weighted by atomic mass is 9.60. The molecule has 6 heteroatoms. The van der Waals surface area contributed by atoms with Crippen molar-refractivity contribution < 1.29 is 14.3 Å². The number of hydrogen-bond acceptors (Lipinski definition) is 4. The fourth-order valence-electron chi connectivity index (χ4n) is 6.87. The number of amides is 2. The van der Waals surface area contributed by atoms with Crippen molar-refractivity contribution in [2.24, 2.45) is 5.92 Å². The van der Waals surface area contributed by atoms with E-state index in [1.165, 1.54) is 24.0 Å². The minimum absolute atomic E-state index is 0.164. The van der Waals surface area contributed by atoms with E-state index in [9.17, 15) is 9.59 Å². The van der Waals surface area contributed by atoms with Crippen LogP contribution >= 0.6 is 0 Å². The molecule has 2 atom stereocenters. The van der Waals surface area contributed by atoms with Crippen molar-refractivity contribution in [3.63, 3.8) is 0 Å². The Morgan fingerprint density at radius 2 is 1.84 bits per heavy atom.